The maximum atomic E-state index is 12.1. The van der Waals surface area contributed by atoms with Gasteiger partial charge in [0, 0.05) is 5.75 Å². The molecule has 1 aromatic rings. The zero-order valence-corrected chi connectivity index (χ0v) is 8.75. The molecule has 0 saturated carbocycles. The molecule has 0 saturated heterocycles. The van der Waals surface area contributed by atoms with E-state index in [1.54, 1.807) is 0 Å². The first-order valence-electron chi connectivity index (χ1n) is 3.65. The number of hydrogen-bond acceptors (Lipinski definition) is 5. The molecular weight excluding hydrogens is 253 g/mol. The predicted molar refractivity (Wildman–Crippen MR) is 47.9 cm³/mol. The number of thioether (sulfide) groups is 1. The van der Waals surface area contributed by atoms with Crippen LogP contribution < -0.4 is 0 Å². The number of carboxylic acid groups (broad SMARTS) is 1. The first-order chi connectivity index (χ1) is 6.89. The van der Waals surface area contributed by atoms with E-state index in [1.165, 1.54) is 0 Å². The SMILES string of the molecule is O=C(O)CCSc1nnc(C(F)(F)F)s1. The van der Waals surface area contributed by atoms with E-state index in [2.05, 4.69) is 10.2 Å². The molecule has 0 amide bonds. The van der Waals surface area contributed by atoms with Crippen molar-refractivity contribution in [2.45, 2.75) is 16.9 Å². The van der Waals surface area contributed by atoms with Crippen molar-refractivity contribution >= 4 is 29.1 Å². The summed E-state index contributed by atoms with van der Waals surface area (Å²) in [6.45, 7) is 0. The molecule has 0 unspecified atom stereocenters. The summed E-state index contributed by atoms with van der Waals surface area (Å²) in [4.78, 5) is 10.1. The van der Waals surface area contributed by atoms with Crippen molar-refractivity contribution in [2.75, 3.05) is 5.75 Å². The molecule has 0 bridgehead atoms. The van der Waals surface area contributed by atoms with Crippen LogP contribution in [-0.4, -0.2) is 27.0 Å². The van der Waals surface area contributed by atoms with Gasteiger partial charge in [0.25, 0.3) is 0 Å². The van der Waals surface area contributed by atoms with Crippen LogP contribution in [0.4, 0.5) is 13.2 Å². The van der Waals surface area contributed by atoms with E-state index in [4.69, 9.17) is 5.11 Å². The lowest BCUT2D eigenvalue weighted by atomic mass is 10.5. The van der Waals surface area contributed by atoms with E-state index in [1.807, 2.05) is 0 Å². The summed E-state index contributed by atoms with van der Waals surface area (Å²) < 4.78 is 36.3. The largest absolute Gasteiger partial charge is 0.481 e. The summed E-state index contributed by atoms with van der Waals surface area (Å²) in [5, 5.41) is 13.5. The molecule has 0 aliphatic heterocycles. The summed E-state index contributed by atoms with van der Waals surface area (Å²) >= 11 is 1.36. The summed E-state index contributed by atoms with van der Waals surface area (Å²) in [6.07, 6.45) is -4.60. The van der Waals surface area contributed by atoms with Crippen LogP contribution in [0, 0.1) is 0 Å². The number of rotatable bonds is 4. The van der Waals surface area contributed by atoms with Gasteiger partial charge in [-0.3, -0.25) is 4.79 Å². The van der Waals surface area contributed by atoms with Crippen molar-refractivity contribution < 1.29 is 23.1 Å². The summed E-state index contributed by atoms with van der Waals surface area (Å²) in [5.74, 6) is -0.815. The van der Waals surface area contributed by atoms with Gasteiger partial charge in [0.2, 0.25) is 5.01 Å². The fourth-order valence-electron chi connectivity index (χ4n) is 0.608. The predicted octanol–water partition coefficient (Wildman–Crippen LogP) is 2.12. The van der Waals surface area contributed by atoms with Crippen LogP contribution in [-0.2, 0) is 11.0 Å². The van der Waals surface area contributed by atoms with Gasteiger partial charge in [-0.05, 0) is 0 Å². The van der Waals surface area contributed by atoms with E-state index in [0.717, 1.165) is 11.8 Å². The average Bonchev–Trinajstić information content (AvgIpc) is 2.51. The minimum atomic E-state index is -4.48. The normalized spacial score (nSPS) is 11.7. The molecule has 9 heteroatoms. The van der Waals surface area contributed by atoms with Crippen LogP contribution in [0.25, 0.3) is 0 Å². The van der Waals surface area contributed by atoms with Crippen molar-refractivity contribution in [1.29, 1.82) is 0 Å². The van der Waals surface area contributed by atoms with E-state index >= 15 is 0 Å². The number of hydrogen-bond donors (Lipinski definition) is 1. The van der Waals surface area contributed by atoms with Gasteiger partial charge in [-0.1, -0.05) is 23.1 Å². The van der Waals surface area contributed by atoms with Crippen LogP contribution >= 0.6 is 23.1 Å². The molecule has 0 aromatic carbocycles. The first kappa shape index (κ1) is 12.2. The Labute approximate surface area is 90.5 Å². The highest BCUT2D eigenvalue weighted by Gasteiger charge is 2.35. The highest BCUT2D eigenvalue weighted by molar-refractivity contribution is 8.01. The van der Waals surface area contributed by atoms with Crippen molar-refractivity contribution in [3.05, 3.63) is 5.01 Å². The van der Waals surface area contributed by atoms with Crippen molar-refractivity contribution in [3.8, 4) is 0 Å². The van der Waals surface area contributed by atoms with E-state index in [-0.39, 0.29) is 16.5 Å². The monoisotopic (exact) mass is 258 g/mol. The Kier molecular flexibility index (Phi) is 3.91. The van der Waals surface area contributed by atoms with Crippen LogP contribution in [0.3, 0.4) is 0 Å². The van der Waals surface area contributed by atoms with E-state index < -0.39 is 17.2 Å². The number of carbonyl (C=O) groups is 1. The number of aromatic nitrogens is 2. The summed E-state index contributed by atoms with van der Waals surface area (Å²) in [5.41, 5.74) is 0. The molecule has 1 heterocycles. The van der Waals surface area contributed by atoms with Gasteiger partial charge in [0.15, 0.2) is 4.34 Å². The maximum absolute atomic E-state index is 12.1. The number of alkyl halides is 3. The highest BCUT2D eigenvalue weighted by atomic mass is 32.2. The van der Waals surface area contributed by atoms with Gasteiger partial charge in [-0.25, -0.2) is 0 Å². The lowest BCUT2D eigenvalue weighted by Gasteiger charge is -1.97. The van der Waals surface area contributed by atoms with E-state index in [9.17, 15) is 18.0 Å². The number of carboxylic acids is 1. The van der Waals surface area contributed by atoms with Crippen LogP contribution in [0.1, 0.15) is 11.4 Å². The molecular formula is C6H5F3N2O2S2. The van der Waals surface area contributed by atoms with Gasteiger partial charge < -0.3 is 5.11 Å². The van der Waals surface area contributed by atoms with Gasteiger partial charge in [-0.15, -0.1) is 10.2 Å². The molecule has 1 aromatic heterocycles. The molecule has 1 rings (SSSR count). The number of nitrogens with zero attached hydrogens (tertiary/aromatic N) is 2. The Bertz CT molecular complexity index is 352. The molecule has 4 nitrogen and oxygen atoms in total. The number of halogens is 3. The standard InChI is InChI=1S/C6H5F3N2O2S2/c7-6(8,9)4-10-11-5(15-4)14-2-1-3(12)13/h1-2H2,(H,12,13). The average molecular weight is 258 g/mol. The van der Waals surface area contributed by atoms with Crippen molar-refractivity contribution in [1.82, 2.24) is 10.2 Å². The molecule has 84 valence electrons. The maximum Gasteiger partial charge on any atom is 0.445 e. The van der Waals surface area contributed by atoms with Crippen molar-refractivity contribution in [3.63, 3.8) is 0 Å². The molecule has 0 fully saturated rings. The van der Waals surface area contributed by atoms with E-state index in [0.29, 0.717) is 11.3 Å². The minimum Gasteiger partial charge on any atom is -0.481 e. The molecule has 15 heavy (non-hydrogen) atoms. The quantitative estimate of drug-likeness (QED) is 0.838. The Hall–Kier alpha value is -0.830. The third-order valence-corrected chi connectivity index (χ3v) is 3.29. The second-order valence-corrected chi connectivity index (χ2v) is 4.68. The molecule has 0 aliphatic carbocycles. The number of aliphatic carboxylic acids is 1. The van der Waals surface area contributed by atoms with Gasteiger partial charge in [0.05, 0.1) is 6.42 Å². The molecule has 1 N–H and O–H groups in total. The molecule has 0 spiro atoms. The molecule has 0 atom stereocenters. The summed E-state index contributed by atoms with van der Waals surface area (Å²) in [7, 11) is 0. The lowest BCUT2D eigenvalue weighted by molar-refractivity contribution is -0.138. The van der Waals surface area contributed by atoms with Gasteiger partial charge >= 0.3 is 12.1 Å². The molecule has 0 radical (unpaired) electrons. The minimum absolute atomic E-state index is 0.119. The second kappa shape index (κ2) is 4.79. The highest BCUT2D eigenvalue weighted by Crippen LogP contribution is 2.34. The van der Waals surface area contributed by atoms with Crippen LogP contribution in [0.15, 0.2) is 4.34 Å². The zero-order chi connectivity index (χ0) is 11.5. The fraction of sp³-hybridized carbons (Fsp3) is 0.500. The fourth-order valence-corrected chi connectivity index (χ4v) is 2.33. The van der Waals surface area contributed by atoms with Crippen molar-refractivity contribution in [2.24, 2.45) is 0 Å². The lowest BCUT2D eigenvalue weighted by Crippen LogP contribution is -2.03. The Balaban J connectivity index is 2.50. The second-order valence-electron chi connectivity index (χ2n) is 2.36. The zero-order valence-electron chi connectivity index (χ0n) is 7.11. The Morgan fingerprint density at radius 2 is 2.13 bits per heavy atom. The Morgan fingerprint density at radius 3 is 2.60 bits per heavy atom. The third-order valence-electron chi connectivity index (χ3n) is 1.19. The topological polar surface area (TPSA) is 63.1 Å². The summed E-state index contributed by atoms with van der Waals surface area (Å²) in [6, 6.07) is 0. The Morgan fingerprint density at radius 1 is 1.47 bits per heavy atom. The van der Waals surface area contributed by atoms with Gasteiger partial charge in [0.1, 0.15) is 0 Å². The van der Waals surface area contributed by atoms with Crippen LogP contribution in [0.2, 0.25) is 0 Å². The third kappa shape index (κ3) is 4.04. The van der Waals surface area contributed by atoms with Crippen LogP contribution in [0.5, 0.6) is 0 Å². The smallest absolute Gasteiger partial charge is 0.445 e. The first-order valence-corrected chi connectivity index (χ1v) is 5.45. The van der Waals surface area contributed by atoms with Gasteiger partial charge in [-0.2, -0.15) is 13.2 Å². The molecule has 0 aliphatic rings.